The van der Waals surface area contributed by atoms with Gasteiger partial charge in [-0.15, -0.1) is 0 Å². The molecular formula is C12H15ClN2O. The van der Waals surface area contributed by atoms with E-state index in [1.54, 1.807) is 12.1 Å². The van der Waals surface area contributed by atoms with E-state index in [4.69, 9.17) is 17.3 Å². The molecule has 2 atom stereocenters. The molecule has 1 aromatic carbocycles. The van der Waals surface area contributed by atoms with E-state index in [1.165, 1.54) is 0 Å². The lowest BCUT2D eigenvalue weighted by molar-refractivity contribution is -0.120. The van der Waals surface area contributed by atoms with Crippen molar-refractivity contribution >= 4 is 17.5 Å². The summed E-state index contributed by atoms with van der Waals surface area (Å²) in [5, 5.41) is 3.99. The van der Waals surface area contributed by atoms with E-state index in [0.717, 1.165) is 24.9 Å². The molecule has 0 radical (unpaired) electrons. The van der Waals surface area contributed by atoms with Crippen molar-refractivity contribution in [3.8, 4) is 0 Å². The summed E-state index contributed by atoms with van der Waals surface area (Å²) in [4.78, 5) is 11.5. The molecule has 86 valence electrons. The van der Waals surface area contributed by atoms with Crippen molar-refractivity contribution in [3.63, 3.8) is 0 Å². The van der Waals surface area contributed by atoms with Gasteiger partial charge >= 0.3 is 0 Å². The molecule has 1 amide bonds. The molecule has 0 aromatic heterocycles. The lowest BCUT2D eigenvalue weighted by Gasteiger charge is -2.21. The van der Waals surface area contributed by atoms with E-state index in [9.17, 15) is 4.79 Å². The number of rotatable bonds is 3. The van der Waals surface area contributed by atoms with E-state index in [2.05, 4.69) is 5.32 Å². The number of hydrogen-bond donors (Lipinski definition) is 2. The Bertz CT molecular complexity index is 371. The van der Waals surface area contributed by atoms with Gasteiger partial charge < -0.3 is 11.1 Å². The zero-order valence-corrected chi connectivity index (χ0v) is 9.70. The maximum Gasteiger partial charge on any atom is 0.226 e. The van der Waals surface area contributed by atoms with Crippen LogP contribution in [0.25, 0.3) is 0 Å². The van der Waals surface area contributed by atoms with Gasteiger partial charge in [-0.3, -0.25) is 4.79 Å². The molecule has 3 N–H and O–H groups in total. The van der Waals surface area contributed by atoms with E-state index in [0.29, 0.717) is 5.02 Å². The van der Waals surface area contributed by atoms with Gasteiger partial charge in [0.25, 0.3) is 0 Å². The summed E-state index contributed by atoms with van der Waals surface area (Å²) >= 11 is 5.82. The number of carbonyl (C=O) groups is 1. The third-order valence-electron chi connectivity index (χ3n) is 3.04. The van der Waals surface area contributed by atoms with Crippen LogP contribution in [-0.2, 0) is 4.79 Å². The fourth-order valence-corrected chi connectivity index (χ4v) is 2.39. The van der Waals surface area contributed by atoms with Crippen LogP contribution in [0.15, 0.2) is 24.3 Å². The maximum atomic E-state index is 11.5. The number of primary amides is 1. The molecule has 1 aliphatic heterocycles. The normalized spacial score (nSPS) is 21.9. The van der Waals surface area contributed by atoms with Crippen molar-refractivity contribution in [1.29, 1.82) is 0 Å². The summed E-state index contributed by atoms with van der Waals surface area (Å²) in [7, 11) is 0. The summed E-state index contributed by atoms with van der Waals surface area (Å²) < 4.78 is 0. The first-order valence-electron chi connectivity index (χ1n) is 5.46. The van der Waals surface area contributed by atoms with Crippen molar-refractivity contribution in [2.24, 2.45) is 5.73 Å². The molecule has 2 rings (SSSR count). The Kier molecular flexibility index (Phi) is 3.46. The Morgan fingerprint density at radius 1 is 1.44 bits per heavy atom. The van der Waals surface area contributed by atoms with Gasteiger partial charge in [0, 0.05) is 11.1 Å². The molecule has 1 heterocycles. The van der Waals surface area contributed by atoms with E-state index < -0.39 is 0 Å². The SMILES string of the molecule is NC(=O)[C@@H](c1ccc(Cl)cc1)[C@H]1CCCN1. The summed E-state index contributed by atoms with van der Waals surface area (Å²) in [6, 6.07) is 7.50. The minimum absolute atomic E-state index is 0.165. The number of benzene rings is 1. The van der Waals surface area contributed by atoms with Crippen LogP contribution >= 0.6 is 11.6 Å². The van der Waals surface area contributed by atoms with Crippen LogP contribution in [0.3, 0.4) is 0 Å². The molecule has 0 saturated carbocycles. The number of carbonyl (C=O) groups excluding carboxylic acids is 1. The summed E-state index contributed by atoms with van der Waals surface area (Å²) in [6.45, 7) is 0.960. The zero-order chi connectivity index (χ0) is 11.5. The highest BCUT2D eigenvalue weighted by molar-refractivity contribution is 6.30. The Labute approximate surface area is 100.0 Å². The van der Waals surface area contributed by atoms with Crippen molar-refractivity contribution < 1.29 is 4.79 Å². The van der Waals surface area contributed by atoms with Crippen molar-refractivity contribution in [1.82, 2.24) is 5.32 Å². The molecule has 1 fully saturated rings. The van der Waals surface area contributed by atoms with E-state index in [1.807, 2.05) is 12.1 Å². The standard InChI is InChI=1S/C12H15ClN2O/c13-9-5-3-8(4-6-9)11(12(14)16)10-2-1-7-15-10/h3-6,10-11,15H,1-2,7H2,(H2,14,16)/t10-,11+/m1/s1. The van der Waals surface area contributed by atoms with Gasteiger partial charge in [0.15, 0.2) is 0 Å². The van der Waals surface area contributed by atoms with Gasteiger partial charge in [0.05, 0.1) is 5.92 Å². The third kappa shape index (κ3) is 2.36. The average molecular weight is 239 g/mol. The maximum absolute atomic E-state index is 11.5. The molecule has 0 aliphatic carbocycles. The van der Waals surface area contributed by atoms with Crippen LogP contribution in [-0.4, -0.2) is 18.5 Å². The van der Waals surface area contributed by atoms with Gasteiger partial charge in [0.2, 0.25) is 5.91 Å². The number of hydrogen-bond acceptors (Lipinski definition) is 2. The molecule has 0 spiro atoms. The van der Waals surface area contributed by atoms with E-state index >= 15 is 0 Å². The summed E-state index contributed by atoms with van der Waals surface area (Å²) in [5.74, 6) is -0.526. The highest BCUT2D eigenvalue weighted by Gasteiger charge is 2.30. The Hall–Kier alpha value is -1.06. The van der Waals surface area contributed by atoms with Gasteiger partial charge in [-0.05, 0) is 37.1 Å². The summed E-state index contributed by atoms with van der Waals surface area (Å²) in [5.41, 5.74) is 6.42. The van der Waals surface area contributed by atoms with E-state index in [-0.39, 0.29) is 17.9 Å². The minimum Gasteiger partial charge on any atom is -0.369 e. The highest BCUT2D eigenvalue weighted by atomic mass is 35.5. The van der Waals surface area contributed by atoms with Crippen molar-refractivity contribution in [3.05, 3.63) is 34.9 Å². The average Bonchev–Trinajstić information content (AvgIpc) is 2.74. The molecule has 1 aliphatic rings. The second-order valence-electron chi connectivity index (χ2n) is 4.13. The third-order valence-corrected chi connectivity index (χ3v) is 3.29. The van der Waals surface area contributed by atoms with Crippen LogP contribution in [0.1, 0.15) is 24.3 Å². The predicted molar refractivity (Wildman–Crippen MR) is 64.4 cm³/mol. The van der Waals surface area contributed by atoms with Crippen LogP contribution < -0.4 is 11.1 Å². The van der Waals surface area contributed by atoms with Gasteiger partial charge in [-0.2, -0.15) is 0 Å². The zero-order valence-electron chi connectivity index (χ0n) is 8.95. The number of nitrogens with two attached hydrogens (primary N) is 1. The van der Waals surface area contributed by atoms with Gasteiger partial charge in [-0.25, -0.2) is 0 Å². The molecule has 3 nitrogen and oxygen atoms in total. The number of halogens is 1. The fourth-order valence-electron chi connectivity index (χ4n) is 2.26. The number of nitrogens with one attached hydrogen (secondary N) is 1. The summed E-state index contributed by atoms with van der Waals surface area (Å²) in [6.07, 6.45) is 2.10. The largest absolute Gasteiger partial charge is 0.369 e. The number of amides is 1. The topological polar surface area (TPSA) is 55.1 Å². The quantitative estimate of drug-likeness (QED) is 0.842. The second-order valence-corrected chi connectivity index (χ2v) is 4.57. The van der Waals surface area contributed by atoms with Crippen LogP contribution in [0.4, 0.5) is 0 Å². The Morgan fingerprint density at radius 3 is 2.62 bits per heavy atom. The van der Waals surface area contributed by atoms with Gasteiger partial charge in [-0.1, -0.05) is 23.7 Å². The molecule has 4 heteroatoms. The monoisotopic (exact) mass is 238 g/mol. The fraction of sp³-hybridized carbons (Fsp3) is 0.417. The molecule has 16 heavy (non-hydrogen) atoms. The smallest absolute Gasteiger partial charge is 0.226 e. The van der Waals surface area contributed by atoms with Crippen molar-refractivity contribution in [2.45, 2.75) is 24.8 Å². The molecule has 1 aromatic rings. The molecular weight excluding hydrogens is 224 g/mol. The predicted octanol–water partition coefficient (Wildman–Crippen LogP) is 1.66. The van der Waals surface area contributed by atoms with Crippen LogP contribution in [0, 0.1) is 0 Å². The lowest BCUT2D eigenvalue weighted by Crippen LogP contribution is -2.37. The second kappa shape index (κ2) is 4.85. The first-order chi connectivity index (χ1) is 7.68. The van der Waals surface area contributed by atoms with Crippen LogP contribution in [0.2, 0.25) is 5.02 Å². The molecule has 0 unspecified atom stereocenters. The molecule has 1 saturated heterocycles. The highest BCUT2D eigenvalue weighted by Crippen LogP contribution is 2.26. The van der Waals surface area contributed by atoms with Crippen LogP contribution in [0.5, 0.6) is 0 Å². The molecule has 0 bridgehead atoms. The van der Waals surface area contributed by atoms with Gasteiger partial charge in [0.1, 0.15) is 0 Å². The Balaban J connectivity index is 2.24. The first-order valence-corrected chi connectivity index (χ1v) is 5.84. The Morgan fingerprint density at radius 2 is 2.12 bits per heavy atom. The van der Waals surface area contributed by atoms with Crippen molar-refractivity contribution in [2.75, 3.05) is 6.54 Å². The first kappa shape index (κ1) is 11.4. The minimum atomic E-state index is -0.276. The lowest BCUT2D eigenvalue weighted by atomic mass is 9.90.